The zero-order valence-electron chi connectivity index (χ0n) is 9.82. The summed E-state index contributed by atoms with van der Waals surface area (Å²) in [7, 11) is 0. The lowest BCUT2D eigenvalue weighted by Crippen LogP contribution is -2.02. The maximum absolute atomic E-state index is 5.51. The van der Waals surface area contributed by atoms with Crippen LogP contribution in [0.3, 0.4) is 0 Å². The molecule has 0 unspecified atom stereocenters. The number of pyridine rings is 1. The molecule has 18 heavy (non-hydrogen) atoms. The lowest BCUT2D eigenvalue weighted by molar-refractivity contribution is 0.798. The molecule has 0 bridgehead atoms. The Morgan fingerprint density at radius 1 is 1.22 bits per heavy atom. The van der Waals surface area contributed by atoms with E-state index >= 15 is 0 Å². The molecule has 5 heteroatoms. The molecule has 0 fully saturated rings. The monoisotopic (exact) mass is 239 g/mol. The molecule has 1 aromatic carbocycles. The molecule has 3 aromatic rings. The first-order chi connectivity index (χ1) is 8.88. The third-order valence-corrected chi connectivity index (χ3v) is 2.85. The van der Waals surface area contributed by atoms with Crippen LogP contribution in [0.25, 0.3) is 16.5 Å². The maximum atomic E-state index is 5.51. The maximum Gasteiger partial charge on any atom is 0.0844 e. The summed E-state index contributed by atoms with van der Waals surface area (Å²) >= 11 is 0. The molecule has 0 radical (unpaired) electrons. The molecule has 0 spiro atoms. The SMILES string of the molecule is NCCc1cn(-c2cccc3ccncc23)nn1. The van der Waals surface area contributed by atoms with E-state index in [1.807, 2.05) is 30.6 Å². The van der Waals surface area contributed by atoms with Gasteiger partial charge in [0.05, 0.1) is 17.6 Å². The van der Waals surface area contributed by atoms with Crippen molar-refractivity contribution in [2.45, 2.75) is 6.42 Å². The Balaban J connectivity index is 2.12. The van der Waals surface area contributed by atoms with Crippen LogP contribution in [0.1, 0.15) is 5.69 Å². The minimum atomic E-state index is 0.579. The zero-order chi connectivity index (χ0) is 12.4. The lowest BCUT2D eigenvalue weighted by atomic mass is 10.1. The predicted molar refractivity (Wildman–Crippen MR) is 69.4 cm³/mol. The number of hydrogen-bond donors (Lipinski definition) is 1. The van der Waals surface area contributed by atoms with E-state index in [4.69, 9.17) is 5.73 Å². The molecule has 2 aromatic heterocycles. The molecule has 5 nitrogen and oxygen atoms in total. The molecular formula is C13H13N5. The fraction of sp³-hybridized carbons (Fsp3) is 0.154. The minimum absolute atomic E-state index is 0.579. The first-order valence-corrected chi connectivity index (χ1v) is 5.83. The van der Waals surface area contributed by atoms with Crippen LogP contribution in [-0.4, -0.2) is 26.5 Å². The highest BCUT2D eigenvalue weighted by molar-refractivity contribution is 5.89. The van der Waals surface area contributed by atoms with E-state index < -0.39 is 0 Å². The highest BCUT2D eigenvalue weighted by Gasteiger charge is 2.05. The van der Waals surface area contributed by atoms with Crippen molar-refractivity contribution in [3.63, 3.8) is 0 Å². The van der Waals surface area contributed by atoms with Crippen molar-refractivity contribution in [3.05, 3.63) is 48.5 Å². The van der Waals surface area contributed by atoms with Gasteiger partial charge in [-0.25, -0.2) is 4.68 Å². The van der Waals surface area contributed by atoms with Crippen LogP contribution in [0.4, 0.5) is 0 Å². The fourth-order valence-corrected chi connectivity index (χ4v) is 1.98. The molecule has 0 aliphatic heterocycles. The van der Waals surface area contributed by atoms with Crippen LogP contribution in [0.15, 0.2) is 42.9 Å². The molecule has 2 N–H and O–H groups in total. The summed E-state index contributed by atoms with van der Waals surface area (Å²) in [5, 5.41) is 10.4. The van der Waals surface area contributed by atoms with Crippen molar-refractivity contribution in [2.24, 2.45) is 5.73 Å². The number of aromatic nitrogens is 4. The van der Waals surface area contributed by atoms with Crippen molar-refractivity contribution >= 4 is 10.8 Å². The highest BCUT2D eigenvalue weighted by atomic mass is 15.4. The fourth-order valence-electron chi connectivity index (χ4n) is 1.98. The lowest BCUT2D eigenvalue weighted by Gasteiger charge is -2.04. The Bertz CT molecular complexity index is 668. The van der Waals surface area contributed by atoms with Gasteiger partial charge in [0.2, 0.25) is 0 Å². The average molecular weight is 239 g/mol. The zero-order valence-corrected chi connectivity index (χ0v) is 9.82. The summed E-state index contributed by atoms with van der Waals surface area (Å²) in [5.74, 6) is 0. The number of nitrogens with zero attached hydrogens (tertiary/aromatic N) is 4. The van der Waals surface area contributed by atoms with Crippen molar-refractivity contribution in [3.8, 4) is 5.69 Å². The second-order valence-electron chi connectivity index (χ2n) is 4.07. The van der Waals surface area contributed by atoms with E-state index in [1.165, 1.54) is 0 Å². The molecular weight excluding hydrogens is 226 g/mol. The van der Waals surface area contributed by atoms with Gasteiger partial charge in [-0.05, 0) is 24.1 Å². The third kappa shape index (κ3) is 1.84. The van der Waals surface area contributed by atoms with Crippen molar-refractivity contribution in [1.29, 1.82) is 0 Å². The summed E-state index contributed by atoms with van der Waals surface area (Å²) in [4.78, 5) is 4.16. The van der Waals surface area contributed by atoms with E-state index in [9.17, 15) is 0 Å². The molecule has 2 heterocycles. The Morgan fingerprint density at radius 3 is 3.06 bits per heavy atom. The van der Waals surface area contributed by atoms with Gasteiger partial charge >= 0.3 is 0 Å². The van der Waals surface area contributed by atoms with Crippen LogP contribution in [0.5, 0.6) is 0 Å². The van der Waals surface area contributed by atoms with Crippen molar-refractivity contribution in [2.75, 3.05) is 6.54 Å². The first kappa shape index (κ1) is 10.9. The Morgan fingerprint density at radius 2 is 2.17 bits per heavy atom. The van der Waals surface area contributed by atoms with Gasteiger partial charge < -0.3 is 5.73 Å². The number of fused-ring (bicyclic) bond motifs is 1. The summed E-state index contributed by atoms with van der Waals surface area (Å²) in [6, 6.07) is 8.04. The summed E-state index contributed by atoms with van der Waals surface area (Å²) in [6.07, 6.45) is 6.28. The van der Waals surface area contributed by atoms with E-state index in [-0.39, 0.29) is 0 Å². The largest absolute Gasteiger partial charge is 0.330 e. The van der Waals surface area contributed by atoms with E-state index in [0.717, 1.165) is 28.6 Å². The molecule has 3 rings (SSSR count). The Labute approximate surface area is 104 Å². The van der Waals surface area contributed by atoms with Crippen molar-refractivity contribution < 1.29 is 0 Å². The molecule has 0 saturated carbocycles. The van der Waals surface area contributed by atoms with Crippen LogP contribution < -0.4 is 5.73 Å². The molecule has 90 valence electrons. The summed E-state index contributed by atoms with van der Waals surface area (Å²) in [6.45, 7) is 0.579. The molecule has 0 aliphatic rings. The van der Waals surface area contributed by atoms with Crippen molar-refractivity contribution in [1.82, 2.24) is 20.0 Å². The van der Waals surface area contributed by atoms with Gasteiger partial charge in [0.25, 0.3) is 0 Å². The first-order valence-electron chi connectivity index (χ1n) is 5.83. The van der Waals surface area contributed by atoms with E-state index in [1.54, 1.807) is 10.9 Å². The standard InChI is InChI=1S/C13H13N5/c14-6-4-11-9-18(17-16-11)13-3-1-2-10-5-7-15-8-12(10)13/h1-3,5,7-9H,4,6,14H2. The van der Waals surface area contributed by atoms with Gasteiger partial charge in [0, 0.05) is 24.2 Å². The second kappa shape index (κ2) is 4.54. The number of rotatable bonds is 3. The van der Waals surface area contributed by atoms with Crippen LogP contribution in [0, 0.1) is 0 Å². The van der Waals surface area contributed by atoms with Gasteiger partial charge in [-0.2, -0.15) is 0 Å². The Kier molecular flexibility index (Phi) is 2.74. The van der Waals surface area contributed by atoms with Gasteiger partial charge in [-0.3, -0.25) is 4.98 Å². The van der Waals surface area contributed by atoms with Gasteiger partial charge in [0.15, 0.2) is 0 Å². The normalized spacial score (nSPS) is 10.9. The van der Waals surface area contributed by atoms with Crippen LogP contribution in [0.2, 0.25) is 0 Å². The Hall–Kier alpha value is -2.27. The predicted octanol–water partition coefficient (Wildman–Crippen LogP) is 1.32. The molecule has 0 atom stereocenters. The molecule has 0 aliphatic carbocycles. The van der Waals surface area contributed by atoms with E-state index in [2.05, 4.69) is 21.4 Å². The second-order valence-corrected chi connectivity index (χ2v) is 4.07. The van der Waals surface area contributed by atoms with Crippen LogP contribution >= 0.6 is 0 Å². The number of hydrogen-bond acceptors (Lipinski definition) is 4. The highest BCUT2D eigenvalue weighted by Crippen LogP contribution is 2.20. The summed E-state index contributed by atoms with van der Waals surface area (Å²) < 4.78 is 1.77. The summed E-state index contributed by atoms with van der Waals surface area (Å²) in [5.41, 5.74) is 7.40. The van der Waals surface area contributed by atoms with E-state index in [0.29, 0.717) is 6.54 Å². The molecule has 0 amide bonds. The average Bonchev–Trinajstić information content (AvgIpc) is 2.87. The van der Waals surface area contributed by atoms with Gasteiger partial charge in [0.1, 0.15) is 0 Å². The minimum Gasteiger partial charge on any atom is -0.330 e. The van der Waals surface area contributed by atoms with Crippen LogP contribution in [-0.2, 0) is 6.42 Å². The topological polar surface area (TPSA) is 69.6 Å². The number of benzene rings is 1. The smallest absolute Gasteiger partial charge is 0.0844 e. The number of nitrogens with two attached hydrogens (primary N) is 1. The quantitative estimate of drug-likeness (QED) is 0.748. The third-order valence-electron chi connectivity index (χ3n) is 2.85. The molecule has 0 saturated heterocycles. The van der Waals surface area contributed by atoms with Gasteiger partial charge in [-0.15, -0.1) is 5.10 Å². The van der Waals surface area contributed by atoms with Gasteiger partial charge in [-0.1, -0.05) is 17.3 Å².